The number of rotatable bonds is 8. The molecule has 0 saturated heterocycles. The Kier molecular flexibility index (Phi) is 7.65. The van der Waals surface area contributed by atoms with Crippen LogP contribution < -0.4 is 0 Å². The predicted molar refractivity (Wildman–Crippen MR) is 79.1 cm³/mol. The number of ether oxygens (including phenoxy) is 1. The number of alkyl halides is 11. The lowest BCUT2D eigenvalue weighted by Crippen LogP contribution is -2.69. The third kappa shape index (κ3) is 5.05. The summed E-state index contributed by atoms with van der Waals surface area (Å²) < 4.78 is 151. The molecular weight excluding hydrogens is 465 g/mol. The van der Waals surface area contributed by atoms with Crippen molar-refractivity contribution in [3.8, 4) is 0 Å². The smallest absolute Gasteiger partial charge is 0.460 e. The zero-order chi connectivity index (χ0) is 24.5. The van der Waals surface area contributed by atoms with Gasteiger partial charge in [0.25, 0.3) is 0 Å². The molecule has 0 aromatic heterocycles. The fourth-order valence-corrected chi connectivity index (χ4v) is 2.97. The Labute approximate surface area is 167 Å². The highest BCUT2D eigenvalue weighted by Crippen LogP contribution is 2.59. The minimum absolute atomic E-state index is 0.0168. The molecule has 0 aromatic rings. The Morgan fingerprint density at radius 3 is 1.68 bits per heavy atom. The number of carbonyl (C=O) groups is 2. The fraction of sp³-hybridized carbons (Fsp3) is 0.750. The number of hydrogen-bond acceptors (Lipinski definition) is 3. The van der Waals surface area contributed by atoms with Crippen LogP contribution in [0.2, 0.25) is 0 Å². The van der Waals surface area contributed by atoms with Gasteiger partial charge in [0.05, 0.1) is 0 Å². The van der Waals surface area contributed by atoms with Crippen molar-refractivity contribution in [2.75, 3.05) is 0 Å². The summed E-state index contributed by atoms with van der Waals surface area (Å²) in [6.45, 7) is 0. The number of halogens is 11. The zero-order valence-electron chi connectivity index (χ0n) is 15.2. The third-order valence-electron chi connectivity index (χ3n) is 4.60. The first-order valence-corrected chi connectivity index (χ1v) is 8.50. The van der Waals surface area contributed by atoms with E-state index in [-0.39, 0.29) is 25.0 Å². The number of aliphatic carboxylic acids is 1. The maximum absolute atomic E-state index is 14.5. The number of hydrogen-bond donors (Lipinski definition) is 1. The van der Waals surface area contributed by atoms with Crippen LogP contribution in [0, 0.1) is 5.92 Å². The van der Waals surface area contributed by atoms with Crippen LogP contribution in [0.5, 0.6) is 0 Å². The molecule has 1 atom stereocenters. The molecule has 0 heterocycles. The molecule has 1 aliphatic carbocycles. The van der Waals surface area contributed by atoms with Crippen molar-refractivity contribution in [1.82, 2.24) is 0 Å². The maximum atomic E-state index is 14.5. The molecule has 15 heteroatoms. The molecule has 31 heavy (non-hydrogen) atoms. The van der Waals surface area contributed by atoms with E-state index in [1.165, 1.54) is 0 Å². The maximum Gasteiger partial charge on any atom is 0.460 e. The number of carboxylic acid groups (broad SMARTS) is 1. The van der Waals surface area contributed by atoms with Gasteiger partial charge in [-0.2, -0.15) is 48.3 Å². The highest BCUT2D eigenvalue weighted by molar-refractivity contribution is 5.90. The Morgan fingerprint density at radius 1 is 0.774 bits per heavy atom. The van der Waals surface area contributed by atoms with Crippen molar-refractivity contribution in [3.63, 3.8) is 0 Å². The third-order valence-corrected chi connectivity index (χ3v) is 4.60. The summed E-state index contributed by atoms with van der Waals surface area (Å²) in [5.41, 5.74) is 0. The normalized spacial score (nSPS) is 18.8. The Bertz CT molecular complexity index is 694. The van der Waals surface area contributed by atoms with E-state index < -0.39 is 66.7 Å². The molecule has 1 saturated carbocycles. The highest BCUT2D eigenvalue weighted by Gasteiger charge is 2.88. The standard InChI is InChI=1S/C16H15F11O4/c17-12(18,13(19,20)14(21,22)15(23,24)16(25,26)27)11(8-4-2-1-3-5-8)31-10(30)7-6-9(28)29/h6-8,11H,1-5H2,(H,28,29)/b7-6+. The quantitative estimate of drug-likeness (QED) is 0.294. The molecule has 1 N–H and O–H groups in total. The average molecular weight is 480 g/mol. The topological polar surface area (TPSA) is 63.6 Å². The van der Waals surface area contributed by atoms with Gasteiger partial charge in [-0.15, -0.1) is 0 Å². The molecule has 1 fully saturated rings. The summed E-state index contributed by atoms with van der Waals surface area (Å²) in [7, 11) is 0. The first-order chi connectivity index (χ1) is 13.8. The lowest BCUT2D eigenvalue weighted by Gasteiger charge is -2.42. The largest absolute Gasteiger partial charge is 0.478 e. The summed E-state index contributed by atoms with van der Waals surface area (Å²) in [5.74, 6) is -34.5. The highest BCUT2D eigenvalue weighted by atomic mass is 19.4. The predicted octanol–water partition coefficient (Wildman–Crippen LogP) is 5.22. The number of carbonyl (C=O) groups excluding carboxylic acids is 1. The second-order valence-electron chi connectivity index (χ2n) is 6.77. The molecule has 0 aromatic carbocycles. The molecule has 1 aliphatic rings. The van der Waals surface area contributed by atoms with E-state index in [0.717, 1.165) is 0 Å². The van der Waals surface area contributed by atoms with Gasteiger partial charge in [-0.25, -0.2) is 9.59 Å². The monoisotopic (exact) mass is 480 g/mol. The van der Waals surface area contributed by atoms with Crippen molar-refractivity contribution in [1.29, 1.82) is 0 Å². The van der Waals surface area contributed by atoms with Crippen molar-refractivity contribution in [3.05, 3.63) is 12.2 Å². The molecule has 180 valence electrons. The van der Waals surface area contributed by atoms with E-state index in [0.29, 0.717) is 6.42 Å². The fourth-order valence-electron chi connectivity index (χ4n) is 2.97. The van der Waals surface area contributed by atoms with Crippen LogP contribution >= 0.6 is 0 Å². The van der Waals surface area contributed by atoms with Crippen LogP contribution in [0.3, 0.4) is 0 Å². The summed E-state index contributed by atoms with van der Waals surface area (Å²) >= 11 is 0. The van der Waals surface area contributed by atoms with Gasteiger partial charge in [0.1, 0.15) is 0 Å². The summed E-state index contributed by atoms with van der Waals surface area (Å²) in [5, 5.41) is 8.36. The molecule has 1 unspecified atom stereocenters. The second kappa shape index (κ2) is 8.81. The molecule has 0 bridgehead atoms. The van der Waals surface area contributed by atoms with Crippen molar-refractivity contribution in [2.45, 2.75) is 68.1 Å². The Hall–Kier alpha value is -2.09. The van der Waals surface area contributed by atoms with E-state index in [1.807, 2.05) is 0 Å². The second-order valence-corrected chi connectivity index (χ2v) is 6.77. The first-order valence-electron chi connectivity index (χ1n) is 8.50. The van der Waals surface area contributed by atoms with E-state index in [1.54, 1.807) is 0 Å². The lowest BCUT2D eigenvalue weighted by molar-refractivity contribution is -0.430. The van der Waals surface area contributed by atoms with Gasteiger partial charge in [-0.3, -0.25) is 0 Å². The van der Waals surface area contributed by atoms with Gasteiger partial charge < -0.3 is 9.84 Å². The molecular formula is C16H15F11O4. The summed E-state index contributed by atoms with van der Waals surface area (Å²) in [4.78, 5) is 21.8. The molecule has 1 rings (SSSR count). The summed E-state index contributed by atoms with van der Waals surface area (Å²) in [6.07, 6.45) is -11.2. The Balaban J connectivity index is 3.45. The van der Waals surface area contributed by atoms with Crippen LogP contribution in [-0.4, -0.2) is 53.0 Å². The van der Waals surface area contributed by atoms with E-state index in [9.17, 15) is 57.9 Å². The van der Waals surface area contributed by atoms with Gasteiger partial charge in [0.15, 0.2) is 6.10 Å². The molecule has 0 radical (unpaired) electrons. The number of esters is 1. The SMILES string of the molecule is O=C(O)/C=C/C(=O)OC(C1CCCCC1)C(F)(F)C(F)(F)C(F)(F)C(F)(F)C(F)(F)F. The van der Waals surface area contributed by atoms with Crippen molar-refractivity contribution < 1.29 is 67.7 Å². The van der Waals surface area contributed by atoms with E-state index in [2.05, 4.69) is 4.74 Å². The Morgan fingerprint density at radius 2 is 1.26 bits per heavy atom. The zero-order valence-corrected chi connectivity index (χ0v) is 15.2. The molecule has 4 nitrogen and oxygen atoms in total. The van der Waals surface area contributed by atoms with Gasteiger partial charge in [-0.05, 0) is 12.8 Å². The average Bonchev–Trinajstić information content (AvgIpc) is 2.63. The molecule has 0 aliphatic heterocycles. The van der Waals surface area contributed by atoms with E-state index >= 15 is 0 Å². The van der Waals surface area contributed by atoms with Crippen LogP contribution in [-0.2, 0) is 14.3 Å². The van der Waals surface area contributed by atoms with E-state index in [4.69, 9.17) is 5.11 Å². The van der Waals surface area contributed by atoms with Crippen LogP contribution in [0.15, 0.2) is 12.2 Å². The minimum Gasteiger partial charge on any atom is -0.478 e. The van der Waals surface area contributed by atoms with Crippen molar-refractivity contribution >= 4 is 11.9 Å². The molecule has 0 amide bonds. The van der Waals surface area contributed by atoms with Crippen LogP contribution in [0.4, 0.5) is 48.3 Å². The van der Waals surface area contributed by atoms with Gasteiger partial charge >= 0.3 is 41.8 Å². The van der Waals surface area contributed by atoms with Gasteiger partial charge in [0.2, 0.25) is 0 Å². The minimum atomic E-state index is -7.63. The van der Waals surface area contributed by atoms with Crippen molar-refractivity contribution in [2.24, 2.45) is 5.92 Å². The van der Waals surface area contributed by atoms with Crippen LogP contribution in [0.1, 0.15) is 32.1 Å². The number of carboxylic acids is 1. The van der Waals surface area contributed by atoms with Gasteiger partial charge in [-0.1, -0.05) is 19.3 Å². The lowest BCUT2D eigenvalue weighted by atomic mass is 9.80. The first kappa shape index (κ1) is 26.9. The van der Waals surface area contributed by atoms with Gasteiger partial charge in [0, 0.05) is 18.1 Å². The summed E-state index contributed by atoms with van der Waals surface area (Å²) in [6, 6.07) is 0. The molecule has 0 spiro atoms. The van der Waals surface area contributed by atoms with Crippen LogP contribution in [0.25, 0.3) is 0 Å².